The molecule has 0 bridgehead atoms. The average Bonchev–Trinajstić information content (AvgIpc) is 2.83. The normalized spacial score (nSPS) is 11.8. The van der Waals surface area contributed by atoms with E-state index in [0.29, 0.717) is 6.61 Å². The number of carbonyl (C=O) groups excluding carboxylic acids is 1. The van der Waals surface area contributed by atoms with Gasteiger partial charge in [-0.25, -0.2) is 0 Å². The van der Waals surface area contributed by atoms with Crippen molar-refractivity contribution in [1.82, 2.24) is 4.98 Å². The molecule has 0 saturated heterocycles. The molecule has 0 fully saturated rings. The summed E-state index contributed by atoms with van der Waals surface area (Å²) < 4.78 is 10.3. The van der Waals surface area contributed by atoms with Crippen LogP contribution in [0.15, 0.2) is 24.4 Å². The molecule has 0 aliphatic rings. The van der Waals surface area contributed by atoms with Crippen molar-refractivity contribution in [3.8, 4) is 5.75 Å². The number of H-pyrrole nitrogens is 1. The summed E-state index contributed by atoms with van der Waals surface area (Å²) in [5, 5.41) is 0.933. The fraction of sp³-hybridized carbons (Fsp3) is 0.357. The first-order chi connectivity index (χ1) is 9.21. The third kappa shape index (κ3) is 3.05. The number of aromatic nitrogens is 1. The standard InChI is InChI=1S/C14H18N2O3.ClH/c1-3-19-14(17)11(7-15)12-8-16-13-5-4-9(18-2)6-10(12)13;/h4-6,8,11,16H,3,7,15H2,1-2H3;1H. The number of halogens is 1. The minimum absolute atomic E-state index is 0. The lowest BCUT2D eigenvalue weighted by atomic mass is 9.98. The lowest BCUT2D eigenvalue weighted by molar-refractivity contribution is -0.144. The van der Waals surface area contributed by atoms with Crippen molar-refractivity contribution in [3.05, 3.63) is 30.0 Å². The van der Waals surface area contributed by atoms with Gasteiger partial charge in [-0.2, -0.15) is 0 Å². The molecule has 1 heterocycles. The van der Waals surface area contributed by atoms with Gasteiger partial charge in [0.05, 0.1) is 19.6 Å². The molecule has 6 heteroatoms. The van der Waals surface area contributed by atoms with Gasteiger partial charge in [-0.3, -0.25) is 4.79 Å². The second-order valence-corrected chi connectivity index (χ2v) is 4.20. The second kappa shape index (κ2) is 7.17. The van der Waals surface area contributed by atoms with Crippen LogP contribution in [0.5, 0.6) is 5.75 Å². The van der Waals surface area contributed by atoms with Gasteiger partial charge >= 0.3 is 5.97 Å². The van der Waals surface area contributed by atoms with E-state index in [1.165, 1.54) is 0 Å². The van der Waals surface area contributed by atoms with E-state index in [1.54, 1.807) is 20.2 Å². The van der Waals surface area contributed by atoms with Crippen molar-refractivity contribution in [3.63, 3.8) is 0 Å². The average molecular weight is 299 g/mol. The van der Waals surface area contributed by atoms with Crippen molar-refractivity contribution in [2.75, 3.05) is 20.3 Å². The summed E-state index contributed by atoms with van der Waals surface area (Å²) in [6.07, 6.45) is 1.80. The molecule has 2 rings (SSSR count). The first-order valence-corrected chi connectivity index (χ1v) is 6.23. The Hall–Kier alpha value is -1.72. The van der Waals surface area contributed by atoms with Gasteiger partial charge in [0.15, 0.2) is 0 Å². The number of rotatable bonds is 5. The van der Waals surface area contributed by atoms with Crippen LogP contribution in [0, 0.1) is 0 Å². The molecule has 0 saturated carbocycles. The zero-order valence-electron chi connectivity index (χ0n) is 11.5. The van der Waals surface area contributed by atoms with Gasteiger partial charge in [-0.05, 0) is 30.7 Å². The third-order valence-corrected chi connectivity index (χ3v) is 3.10. The van der Waals surface area contributed by atoms with Crippen LogP contribution in [0.4, 0.5) is 0 Å². The number of ether oxygens (including phenoxy) is 2. The highest BCUT2D eigenvalue weighted by atomic mass is 35.5. The van der Waals surface area contributed by atoms with E-state index >= 15 is 0 Å². The van der Waals surface area contributed by atoms with Gasteiger partial charge in [0.2, 0.25) is 0 Å². The van der Waals surface area contributed by atoms with E-state index in [-0.39, 0.29) is 24.9 Å². The number of methoxy groups -OCH3 is 1. The molecule has 0 aliphatic heterocycles. The minimum Gasteiger partial charge on any atom is -0.497 e. The summed E-state index contributed by atoms with van der Waals surface area (Å²) in [6.45, 7) is 2.34. The highest BCUT2D eigenvalue weighted by Gasteiger charge is 2.23. The van der Waals surface area contributed by atoms with Crippen LogP contribution in [0.1, 0.15) is 18.4 Å². The number of hydrogen-bond acceptors (Lipinski definition) is 4. The monoisotopic (exact) mass is 298 g/mol. The maximum Gasteiger partial charge on any atom is 0.314 e. The lowest BCUT2D eigenvalue weighted by Gasteiger charge is -2.12. The molecule has 1 aromatic carbocycles. The first kappa shape index (κ1) is 16.3. The Morgan fingerprint density at radius 1 is 1.45 bits per heavy atom. The highest BCUT2D eigenvalue weighted by molar-refractivity contribution is 5.91. The van der Waals surface area contributed by atoms with E-state index in [4.69, 9.17) is 15.2 Å². The Kier molecular flexibility index (Phi) is 5.85. The Bertz CT molecular complexity index is 583. The summed E-state index contributed by atoms with van der Waals surface area (Å²) >= 11 is 0. The fourth-order valence-electron chi connectivity index (χ4n) is 2.13. The zero-order valence-corrected chi connectivity index (χ0v) is 12.3. The summed E-state index contributed by atoms with van der Waals surface area (Å²) in [7, 11) is 1.61. The summed E-state index contributed by atoms with van der Waals surface area (Å²) in [6, 6.07) is 5.67. The van der Waals surface area contributed by atoms with Gasteiger partial charge in [0.1, 0.15) is 5.75 Å². The summed E-state index contributed by atoms with van der Waals surface area (Å²) in [5.41, 5.74) is 7.50. The highest BCUT2D eigenvalue weighted by Crippen LogP contribution is 2.29. The van der Waals surface area contributed by atoms with E-state index in [0.717, 1.165) is 22.2 Å². The van der Waals surface area contributed by atoms with Crippen LogP contribution in [0.2, 0.25) is 0 Å². The van der Waals surface area contributed by atoms with Crippen LogP contribution in [0.25, 0.3) is 10.9 Å². The van der Waals surface area contributed by atoms with Gasteiger partial charge in [-0.1, -0.05) is 0 Å². The summed E-state index contributed by atoms with van der Waals surface area (Å²) in [5.74, 6) is -0.0116. The van der Waals surface area contributed by atoms with Gasteiger partial charge in [0.25, 0.3) is 0 Å². The van der Waals surface area contributed by atoms with E-state index in [2.05, 4.69) is 4.98 Å². The van der Waals surface area contributed by atoms with Gasteiger partial charge in [-0.15, -0.1) is 12.4 Å². The Morgan fingerprint density at radius 2 is 2.20 bits per heavy atom. The molecule has 1 aromatic heterocycles. The van der Waals surface area contributed by atoms with Crippen molar-refractivity contribution >= 4 is 29.3 Å². The quantitative estimate of drug-likeness (QED) is 0.830. The molecule has 0 aliphatic carbocycles. The van der Waals surface area contributed by atoms with E-state index in [9.17, 15) is 4.79 Å². The number of carbonyl (C=O) groups is 1. The molecule has 3 N–H and O–H groups in total. The van der Waals surface area contributed by atoms with E-state index in [1.807, 2.05) is 18.2 Å². The summed E-state index contributed by atoms with van der Waals surface area (Å²) in [4.78, 5) is 15.1. The predicted octanol–water partition coefficient (Wildman–Crippen LogP) is 2.20. The number of esters is 1. The number of benzene rings is 1. The molecule has 20 heavy (non-hydrogen) atoms. The van der Waals surface area contributed by atoms with Crippen molar-refractivity contribution in [1.29, 1.82) is 0 Å². The number of nitrogens with one attached hydrogen (secondary N) is 1. The molecule has 0 spiro atoms. The maximum atomic E-state index is 11.9. The molecule has 2 aromatic rings. The molecular weight excluding hydrogens is 280 g/mol. The first-order valence-electron chi connectivity index (χ1n) is 6.23. The Morgan fingerprint density at radius 3 is 2.80 bits per heavy atom. The number of aromatic amines is 1. The fourth-order valence-corrected chi connectivity index (χ4v) is 2.13. The largest absolute Gasteiger partial charge is 0.497 e. The maximum absolute atomic E-state index is 11.9. The Labute approximate surface area is 123 Å². The van der Waals surface area contributed by atoms with Crippen molar-refractivity contribution in [2.24, 2.45) is 5.73 Å². The van der Waals surface area contributed by atoms with Crippen molar-refractivity contribution in [2.45, 2.75) is 12.8 Å². The molecule has 5 nitrogen and oxygen atoms in total. The second-order valence-electron chi connectivity index (χ2n) is 4.20. The van der Waals surface area contributed by atoms with Gasteiger partial charge in [0, 0.05) is 23.6 Å². The minimum atomic E-state index is -0.458. The molecule has 0 amide bonds. The van der Waals surface area contributed by atoms with Gasteiger partial charge < -0.3 is 20.2 Å². The van der Waals surface area contributed by atoms with Crippen LogP contribution in [-0.2, 0) is 9.53 Å². The number of hydrogen-bond donors (Lipinski definition) is 2. The smallest absolute Gasteiger partial charge is 0.314 e. The topological polar surface area (TPSA) is 77.3 Å². The lowest BCUT2D eigenvalue weighted by Crippen LogP contribution is -2.23. The predicted molar refractivity (Wildman–Crippen MR) is 80.5 cm³/mol. The van der Waals surface area contributed by atoms with Crippen LogP contribution in [0.3, 0.4) is 0 Å². The molecule has 1 unspecified atom stereocenters. The molecular formula is C14H19ClN2O3. The number of nitrogens with two attached hydrogens (primary N) is 1. The third-order valence-electron chi connectivity index (χ3n) is 3.10. The van der Waals surface area contributed by atoms with Crippen LogP contribution >= 0.6 is 12.4 Å². The zero-order chi connectivity index (χ0) is 13.8. The molecule has 0 radical (unpaired) electrons. The molecule has 1 atom stereocenters. The van der Waals surface area contributed by atoms with E-state index < -0.39 is 5.92 Å². The SMILES string of the molecule is CCOC(=O)C(CN)c1c[nH]c2ccc(OC)cc12.Cl. The van der Waals surface area contributed by atoms with Crippen molar-refractivity contribution < 1.29 is 14.3 Å². The Balaban J connectivity index is 0.00000200. The number of fused-ring (bicyclic) bond motifs is 1. The van der Waals surface area contributed by atoms with Crippen LogP contribution in [-0.4, -0.2) is 31.2 Å². The van der Waals surface area contributed by atoms with Crippen LogP contribution < -0.4 is 10.5 Å². The molecule has 110 valence electrons.